The van der Waals surface area contributed by atoms with Crippen molar-refractivity contribution in [3.8, 4) is 0 Å². The molecule has 2 aliphatic rings. The van der Waals surface area contributed by atoms with Gasteiger partial charge in [-0.2, -0.15) is 0 Å². The molecule has 2 fully saturated rings. The van der Waals surface area contributed by atoms with E-state index in [2.05, 4.69) is 24.4 Å². The molecule has 2 heterocycles. The summed E-state index contributed by atoms with van der Waals surface area (Å²) >= 11 is 1.66. The van der Waals surface area contributed by atoms with Crippen LogP contribution >= 0.6 is 11.8 Å². The lowest BCUT2D eigenvalue weighted by atomic mass is 9.99. The third-order valence-electron chi connectivity index (χ3n) is 4.80. The predicted octanol–water partition coefficient (Wildman–Crippen LogP) is 2.36. The van der Waals surface area contributed by atoms with Gasteiger partial charge in [0.25, 0.3) is 0 Å². The summed E-state index contributed by atoms with van der Waals surface area (Å²) in [6.07, 6.45) is 2.98. The Labute approximate surface area is 142 Å². The first-order valence-corrected chi connectivity index (χ1v) is 9.49. The van der Waals surface area contributed by atoms with Crippen LogP contribution in [0.4, 0.5) is 0 Å². The van der Waals surface area contributed by atoms with Gasteiger partial charge in [0.05, 0.1) is 11.7 Å². The number of carbonyl (C=O) groups is 2. The molecule has 1 N–H and O–H groups in total. The molecule has 5 heteroatoms. The molecular weight excluding hydrogens is 308 g/mol. The molecule has 4 nitrogen and oxygen atoms in total. The number of nitrogens with one attached hydrogen (secondary N) is 1. The smallest absolute Gasteiger partial charge is 0.232 e. The summed E-state index contributed by atoms with van der Waals surface area (Å²) < 4.78 is 0. The minimum absolute atomic E-state index is 0.0205. The van der Waals surface area contributed by atoms with Gasteiger partial charge in [-0.1, -0.05) is 30.7 Å². The monoisotopic (exact) mass is 332 g/mol. The average Bonchev–Trinajstić information content (AvgIpc) is 2.77. The molecule has 124 valence electrons. The Morgan fingerprint density at radius 2 is 2.13 bits per heavy atom. The number of hydrogen-bond donors (Lipinski definition) is 1. The van der Waals surface area contributed by atoms with E-state index in [0.717, 1.165) is 25.0 Å². The molecule has 0 saturated carbocycles. The van der Waals surface area contributed by atoms with Gasteiger partial charge in [0.15, 0.2) is 0 Å². The van der Waals surface area contributed by atoms with Crippen LogP contribution in [0.3, 0.4) is 0 Å². The zero-order chi connectivity index (χ0) is 16.2. The SMILES string of the molecule is Cc1ccccc1CSCC(=O)N1C[C@@H]2CCC[C@H](C1)C(=O)N2. The standard InChI is InChI=1S/C18H24N2O2S/c1-13-5-2-3-6-15(13)11-23-12-17(21)20-9-14-7-4-8-16(10-20)19-18(14)22/h2-3,5-6,14,16H,4,7-12H2,1H3,(H,19,22)/t14-,16+/m1/s1. The van der Waals surface area contributed by atoms with Gasteiger partial charge in [0.1, 0.15) is 0 Å². The first kappa shape index (κ1) is 16.4. The molecule has 0 spiro atoms. The second-order valence-electron chi connectivity index (χ2n) is 6.55. The molecular formula is C18H24N2O2S. The number of nitrogens with zero attached hydrogens (tertiary/aromatic N) is 1. The van der Waals surface area contributed by atoms with Crippen LogP contribution in [-0.2, 0) is 15.3 Å². The van der Waals surface area contributed by atoms with Gasteiger partial charge in [-0.15, -0.1) is 11.8 Å². The van der Waals surface area contributed by atoms with Crippen molar-refractivity contribution in [3.63, 3.8) is 0 Å². The second-order valence-corrected chi connectivity index (χ2v) is 7.54. The van der Waals surface area contributed by atoms with E-state index in [1.54, 1.807) is 11.8 Å². The number of carbonyl (C=O) groups excluding carboxylic acids is 2. The Morgan fingerprint density at radius 3 is 2.96 bits per heavy atom. The lowest BCUT2D eigenvalue weighted by Gasteiger charge is -2.27. The van der Waals surface area contributed by atoms with E-state index in [9.17, 15) is 9.59 Å². The maximum Gasteiger partial charge on any atom is 0.232 e. The summed E-state index contributed by atoms with van der Waals surface area (Å²) in [7, 11) is 0. The highest BCUT2D eigenvalue weighted by Gasteiger charge is 2.34. The molecule has 23 heavy (non-hydrogen) atoms. The fourth-order valence-corrected chi connectivity index (χ4v) is 4.37. The summed E-state index contributed by atoms with van der Waals surface area (Å²) in [6.45, 7) is 3.36. The van der Waals surface area contributed by atoms with Crippen LogP contribution < -0.4 is 5.32 Å². The van der Waals surface area contributed by atoms with Gasteiger partial charge in [-0.05, 0) is 30.9 Å². The highest BCUT2D eigenvalue weighted by molar-refractivity contribution is 7.99. The van der Waals surface area contributed by atoms with Crippen LogP contribution in [0.1, 0.15) is 30.4 Å². The number of aryl methyl sites for hydroxylation is 1. The average molecular weight is 332 g/mol. The Bertz CT molecular complexity index is 590. The molecule has 2 atom stereocenters. The van der Waals surface area contributed by atoms with Gasteiger partial charge in [-0.3, -0.25) is 9.59 Å². The zero-order valence-electron chi connectivity index (χ0n) is 13.6. The lowest BCUT2D eigenvalue weighted by Crippen LogP contribution is -2.42. The Hall–Kier alpha value is -1.49. The lowest BCUT2D eigenvalue weighted by molar-refractivity contribution is -0.129. The van der Waals surface area contributed by atoms with E-state index in [0.29, 0.717) is 18.8 Å². The summed E-state index contributed by atoms with van der Waals surface area (Å²) in [6, 6.07) is 8.43. The first-order valence-electron chi connectivity index (χ1n) is 8.34. The van der Waals surface area contributed by atoms with Crippen LogP contribution in [-0.4, -0.2) is 41.6 Å². The molecule has 2 amide bonds. The van der Waals surface area contributed by atoms with Crippen LogP contribution in [0.25, 0.3) is 0 Å². The largest absolute Gasteiger partial charge is 0.351 e. The quantitative estimate of drug-likeness (QED) is 0.921. The summed E-state index contributed by atoms with van der Waals surface area (Å²) in [5.74, 6) is 1.62. The second kappa shape index (κ2) is 7.39. The van der Waals surface area contributed by atoms with Crippen molar-refractivity contribution in [1.82, 2.24) is 10.2 Å². The predicted molar refractivity (Wildman–Crippen MR) is 93.2 cm³/mol. The number of rotatable bonds is 4. The molecule has 3 rings (SSSR count). The molecule has 0 unspecified atom stereocenters. The van der Waals surface area contributed by atoms with Gasteiger partial charge in [0.2, 0.25) is 11.8 Å². The number of amides is 2. The fourth-order valence-electron chi connectivity index (χ4n) is 3.37. The van der Waals surface area contributed by atoms with Gasteiger partial charge in [0, 0.05) is 24.9 Å². The van der Waals surface area contributed by atoms with Crippen molar-refractivity contribution in [2.24, 2.45) is 5.92 Å². The normalized spacial score (nSPS) is 24.0. The van der Waals surface area contributed by atoms with E-state index in [4.69, 9.17) is 0 Å². The van der Waals surface area contributed by atoms with Crippen molar-refractivity contribution in [1.29, 1.82) is 0 Å². The maximum absolute atomic E-state index is 12.5. The topological polar surface area (TPSA) is 49.4 Å². The third kappa shape index (κ3) is 4.08. The van der Waals surface area contributed by atoms with Crippen LogP contribution in [0.5, 0.6) is 0 Å². The van der Waals surface area contributed by atoms with Crippen molar-refractivity contribution in [2.75, 3.05) is 18.8 Å². The van der Waals surface area contributed by atoms with Crippen LogP contribution in [0.15, 0.2) is 24.3 Å². The molecule has 2 bridgehead atoms. The van der Waals surface area contributed by atoms with E-state index in [-0.39, 0.29) is 23.8 Å². The first-order chi connectivity index (χ1) is 11.1. The van der Waals surface area contributed by atoms with Crippen molar-refractivity contribution >= 4 is 23.6 Å². The Kier molecular flexibility index (Phi) is 5.26. The molecule has 1 aromatic carbocycles. The Balaban J connectivity index is 1.54. The highest BCUT2D eigenvalue weighted by Crippen LogP contribution is 2.23. The fraction of sp³-hybridized carbons (Fsp3) is 0.556. The van der Waals surface area contributed by atoms with Gasteiger partial charge in [-0.25, -0.2) is 0 Å². The Morgan fingerprint density at radius 1 is 1.30 bits per heavy atom. The molecule has 0 aromatic heterocycles. The summed E-state index contributed by atoms with van der Waals surface area (Å²) in [5.41, 5.74) is 2.56. The number of hydrogen-bond acceptors (Lipinski definition) is 3. The summed E-state index contributed by atoms with van der Waals surface area (Å²) in [5, 5.41) is 3.08. The van der Waals surface area contributed by atoms with E-state index < -0.39 is 0 Å². The highest BCUT2D eigenvalue weighted by atomic mass is 32.2. The van der Waals surface area contributed by atoms with Crippen molar-refractivity contribution in [3.05, 3.63) is 35.4 Å². The number of fused-ring (bicyclic) bond motifs is 3. The molecule has 0 aliphatic carbocycles. The van der Waals surface area contributed by atoms with E-state index in [1.165, 1.54) is 11.1 Å². The van der Waals surface area contributed by atoms with Crippen molar-refractivity contribution in [2.45, 2.75) is 38.0 Å². The third-order valence-corrected chi connectivity index (χ3v) is 5.77. The van der Waals surface area contributed by atoms with Gasteiger partial charge < -0.3 is 10.2 Å². The van der Waals surface area contributed by atoms with Gasteiger partial charge >= 0.3 is 0 Å². The molecule has 0 radical (unpaired) electrons. The maximum atomic E-state index is 12.5. The van der Waals surface area contributed by atoms with Crippen LogP contribution in [0, 0.1) is 12.8 Å². The van der Waals surface area contributed by atoms with E-state index >= 15 is 0 Å². The molecule has 1 aromatic rings. The van der Waals surface area contributed by atoms with Crippen molar-refractivity contribution < 1.29 is 9.59 Å². The number of thioether (sulfide) groups is 1. The minimum atomic E-state index is -0.0205. The summed E-state index contributed by atoms with van der Waals surface area (Å²) in [4.78, 5) is 26.5. The molecule has 2 aliphatic heterocycles. The molecule has 2 saturated heterocycles. The zero-order valence-corrected chi connectivity index (χ0v) is 14.4. The minimum Gasteiger partial charge on any atom is -0.351 e. The van der Waals surface area contributed by atoms with Crippen LogP contribution in [0.2, 0.25) is 0 Å². The van der Waals surface area contributed by atoms with E-state index in [1.807, 2.05) is 17.0 Å². The number of benzene rings is 1. The number of likely N-dealkylation sites (tertiary alicyclic amines) is 1.